The number of aryl methyl sites for hydroxylation is 4. The van der Waals surface area contributed by atoms with Gasteiger partial charge in [0.15, 0.2) is 0 Å². The monoisotopic (exact) mass is 257 g/mol. The second-order valence-electron chi connectivity index (χ2n) is 5.31. The lowest BCUT2D eigenvalue weighted by atomic mass is 9.99. The first-order valence-electron chi connectivity index (χ1n) is 6.76. The second-order valence-corrected chi connectivity index (χ2v) is 5.31. The van der Waals surface area contributed by atoms with E-state index in [1.54, 1.807) is 0 Å². The highest BCUT2D eigenvalue weighted by Gasteiger charge is 2.14. The van der Waals surface area contributed by atoms with Gasteiger partial charge in [0.05, 0.1) is 18.3 Å². The largest absolute Gasteiger partial charge is 0.311 e. The summed E-state index contributed by atoms with van der Waals surface area (Å²) in [6.45, 7) is 9.31. The molecule has 1 unspecified atom stereocenters. The Morgan fingerprint density at radius 3 is 2.47 bits per heavy atom. The van der Waals surface area contributed by atoms with Gasteiger partial charge in [0, 0.05) is 5.69 Å². The zero-order valence-corrected chi connectivity index (χ0v) is 12.5. The Balaban J connectivity index is 2.30. The fourth-order valence-corrected chi connectivity index (χ4v) is 2.51. The first kappa shape index (κ1) is 13.8. The maximum Gasteiger partial charge on any atom is 0.0607 e. The Bertz CT molecular complexity index is 569. The minimum absolute atomic E-state index is 0.290. The molecule has 0 saturated carbocycles. The summed E-state index contributed by atoms with van der Waals surface area (Å²) in [5.74, 6) is 0. The van der Waals surface area contributed by atoms with Crippen molar-refractivity contribution in [2.24, 2.45) is 0 Å². The van der Waals surface area contributed by atoms with E-state index in [1.165, 1.54) is 22.4 Å². The molecular weight excluding hydrogens is 234 g/mol. The normalized spacial score (nSPS) is 12.7. The molecule has 3 heteroatoms. The Morgan fingerprint density at radius 1 is 1.16 bits per heavy atom. The molecule has 0 radical (unpaired) electrons. The molecule has 0 saturated heterocycles. The summed E-state index contributed by atoms with van der Waals surface area (Å²) in [4.78, 5) is 0. The van der Waals surface area contributed by atoms with Crippen LogP contribution >= 0.6 is 0 Å². The zero-order valence-electron chi connectivity index (χ0n) is 12.5. The van der Waals surface area contributed by atoms with E-state index < -0.39 is 0 Å². The lowest BCUT2D eigenvalue weighted by Gasteiger charge is -2.20. The van der Waals surface area contributed by atoms with E-state index in [0.29, 0.717) is 0 Å². The van der Waals surface area contributed by atoms with Gasteiger partial charge in [-0.1, -0.05) is 23.8 Å². The van der Waals surface area contributed by atoms with Crippen molar-refractivity contribution in [1.82, 2.24) is 15.1 Å². The predicted molar refractivity (Wildman–Crippen MR) is 79.4 cm³/mol. The number of benzene rings is 1. The molecule has 19 heavy (non-hydrogen) atoms. The molecule has 0 aliphatic rings. The zero-order chi connectivity index (χ0) is 14.0. The molecule has 0 aliphatic heterocycles. The van der Waals surface area contributed by atoms with E-state index in [2.05, 4.69) is 60.1 Å². The number of likely N-dealkylation sites (N-methyl/N-ethyl adjacent to an activating group) is 1. The summed E-state index contributed by atoms with van der Waals surface area (Å²) in [6, 6.07) is 9.03. The summed E-state index contributed by atoms with van der Waals surface area (Å²) in [5, 5.41) is 7.96. The molecule has 1 aromatic heterocycles. The Kier molecular flexibility index (Phi) is 4.05. The smallest absolute Gasteiger partial charge is 0.0607 e. The minimum atomic E-state index is 0.290. The van der Waals surface area contributed by atoms with E-state index in [0.717, 1.165) is 12.2 Å². The first-order valence-corrected chi connectivity index (χ1v) is 6.76. The Hall–Kier alpha value is -1.61. The van der Waals surface area contributed by atoms with E-state index in [9.17, 15) is 0 Å². The first-order chi connectivity index (χ1) is 9.01. The van der Waals surface area contributed by atoms with Gasteiger partial charge < -0.3 is 5.32 Å². The molecule has 102 valence electrons. The molecular formula is C16H23N3. The maximum atomic E-state index is 4.55. The van der Waals surface area contributed by atoms with Crippen LogP contribution in [0.2, 0.25) is 0 Å². The van der Waals surface area contributed by atoms with Crippen LogP contribution in [0.1, 0.15) is 34.1 Å². The summed E-state index contributed by atoms with van der Waals surface area (Å²) in [5.41, 5.74) is 6.27. The SMILES string of the molecule is CNC(Cn1nc(C)cc1C)c1cc(C)ccc1C. The van der Waals surface area contributed by atoms with Crippen molar-refractivity contribution in [3.05, 3.63) is 52.3 Å². The third-order valence-electron chi connectivity index (χ3n) is 3.62. The number of aromatic nitrogens is 2. The molecule has 1 aromatic carbocycles. The molecule has 0 amide bonds. The lowest BCUT2D eigenvalue weighted by Crippen LogP contribution is -2.24. The molecule has 3 nitrogen and oxygen atoms in total. The number of nitrogens with one attached hydrogen (secondary N) is 1. The van der Waals surface area contributed by atoms with Crippen LogP contribution in [0.25, 0.3) is 0 Å². The van der Waals surface area contributed by atoms with Gasteiger partial charge in [-0.2, -0.15) is 5.10 Å². The minimum Gasteiger partial charge on any atom is -0.311 e. The molecule has 1 heterocycles. The Morgan fingerprint density at radius 2 is 1.89 bits per heavy atom. The standard InChI is InChI=1S/C16H23N3/c1-11-6-7-12(2)15(8-11)16(17-5)10-19-14(4)9-13(3)18-19/h6-9,16-17H,10H2,1-5H3. The average Bonchev–Trinajstić information content (AvgIpc) is 2.68. The number of hydrogen-bond acceptors (Lipinski definition) is 2. The van der Waals surface area contributed by atoms with E-state index in [1.807, 2.05) is 14.0 Å². The molecule has 0 fully saturated rings. The van der Waals surface area contributed by atoms with Crippen LogP contribution in [-0.4, -0.2) is 16.8 Å². The van der Waals surface area contributed by atoms with Crippen LogP contribution < -0.4 is 5.32 Å². The van der Waals surface area contributed by atoms with Crippen molar-refractivity contribution < 1.29 is 0 Å². The van der Waals surface area contributed by atoms with Gasteiger partial charge in [0.2, 0.25) is 0 Å². The molecule has 2 aromatic rings. The number of nitrogens with zero attached hydrogens (tertiary/aromatic N) is 2. The van der Waals surface area contributed by atoms with Crippen LogP contribution in [0.4, 0.5) is 0 Å². The number of hydrogen-bond donors (Lipinski definition) is 1. The van der Waals surface area contributed by atoms with Gasteiger partial charge >= 0.3 is 0 Å². The van der Waals surface area contributed by atoms with E-state index in [4.69, 9.17) is 0 Å². The van der Waals surface area contributed by atoms with Crippen molar-refractivity contribution >= 4 is 0 Å². The summed E-state index contributed by atoms with van der Waals surface area (Å²) in [6.07, 6.45) is 0. The fraction of sp³-hybridized carbons (Fsp3) is 0.438. The Labute approximate surface area is 115 Å². The fourth-order valence-electron chi connectivity index (χ4n) is 2.51. The van der Waals surface area contributed by atoms with Gasteiger partial charge in [0.1, 0.15) is 0 Å². The highest BCUT2D eigenvalue weighted by atomic mass is 15.3. The van der Waals surface area contributed by atoms with Gasteiger partial charge in [-0.05, 0) is 51.9 Å². The van der Waals surface area contributed by atoms with Crippen molar-refractivity contribution in [3.63, 3.8) is 0 Å². The topological polar surface area (TPSA) is 29.9 Å². The van der Waals surface area contributed by atoms with Crippen LogP contribution in [-0.2, 0) is 6.54 Å². The van der Waals surface area contributed by atoms with Crippen molar-refractivity contribution in [1.29, 1.82) is 0 Å². The molecule has 0 bridgehead atoms. The molecule has 2 rings (SSSR count). The lowest BCUT2D eigenvalue weighted by molar-refractivity contribution is 0.458. The number of rotatable bonds is 4. The van der Waals surface area contributed by atoms with Crippen LogP contribution in [0.3, 0.4) is 0 Å². The van der Waals surface area contributed by atoms with Gasteiger partial charge in [-0.15, -0.1) is 0 Å². The van der Waals surface area contributed by atoms with Gasteiger partial charge in [-0.3, -0.25) is 4.68 Å². The van der Waals surface area contributed by atoms with Crippen molar-refractivity contribution in [2.75, 3.05) is 7.05 Å². The third kappa shape index (κ3) is 3.04. The maximum absolute atomic E-state index is 4.55. The molecule has 0 aliphatic carbocycles. The van der Waals surface area contributed by atoms with Crippen LogP contribution in [0.5, 0.6) is 0 Å². The summed E-state index contributed by atoms with van der Waals surface area (Å²) in [7, 11) is 2.01. The van der Waals surface area contributed by atoms with Gasteiger partial charge in [-0.25, -0.2) is 0 Å². The highest BCUT2D eigenvalue weighted by molar-refractivity contribution is 5.33. The second kappa shape index (κ2) is 5.57. The van der Waals surface area contributed by atoms with Crippen molar-refractivity contribution in [3.8, 4) is 0 Å². The van der Waals surface area contributed by atoms with Gasteiger partial charge in [0.25, 0.3) is 0 Å². The van der Waals surface area contributed by atoms with E-state index >= 15 is 0 Å². The molecule has 0 spiro atoms. The van der Waals surface area contributed by atoms with E-state index in [-0.39, 0.29) is 6.04 Å². The van der Waals surface area contributed by atoms with Crippen molar-refractivity contribution in [2.45, 2.75) is 40.3 Å². The summed E-state index contributed by atoms with van der Waals surface area (Å²) < 4.78 is 2.08. The van der Waals surface area contributed by atoms with Crippen LogP contribution in [0, 0.1) is 27.7 Å². The highest BCUT2D eigenvalue weighted by Crippen LogP contribution is 2.21. The summed E-state index contributed by atoms with van der Waals surface area (Å²) >= 11 is 0. The average molecular weight is 257 g/mol. The quantitative estimate of drug-likeness (QED) is 0.912. The predicted octanol–water partition coefficient (Wildman–Crippen LogP) is 3.08. The third-order valence-corrected chi connectivity index (χ3v) is 3.62. The molecule has 1 N–H and O–H groups in total. The van der Waals surface area contributed by atoms with Crippen LogP contribution in [0.15, 0.2) is 24.3 Å². The molecule has 1 atom stereocenters.